The SMILES string of the molecule is CCN1C[C@H](CN(C)Cc2cc(=O)n3cc(Cl)ccc3n2)Oc2ccccc21. The van der Waals surface area contributed by atoms with Crippen molar-refractivity contribution in [3.63, 3.8) is 0 Å². The molecule has 28 heavy (non-hydrogen) atoms. The standard InChI is InChI=1S/C21H23ClN4O2/c1-3-25-14-17(28-19-7-5-4-6-18(19)25)13-24(2)12-16-10-21(27)26-11-15(22)8-9-20(26)23-16/h4-11,17H,3,12-14H2,1-2H3/t17-/m0/s1. The van der Waals surface area contributed by atoms with E-state index in [1.807, 2.05) is 25.2 Å². The van der Waals surface area contributed by atoms with Crippen molar-refractivity contribution >= 4 is 22.9 Å². The van der Waals surface area contributed by atoms with Gasteiger partial charge in [0.15, 0.2) is 0 Å². The second-order valence-corrected chi connectivity index (χ2v) is 7.54. The maximum absolute atomic E-state index is 12.4. The second kappa shape index (κ2) is 7.81. The second-order valence-electron chi connectivity index (χ2n) is 7.10. The van der Waals surface area contributed by atoms with Crippen LogP contribution in [0.2, 0.25) is 5.02 Å². The summed E-state index contributed by atoms with van der Waals surface area (Å²) in [5.74, 6) is 0.924. The summed E-state index contributed by atoms with van der Waals surface area (Å²) in [5, 5.41) is 0.511. The highest BCUT2D eigenvalue weighted by Gasteiger charge is 2.25. The van der Waals surface area contributed by atoms with Gasteiger partial charge < -0.3 is 9.64 Å². The van der Waals surface area contributed by atoms with Gasteiger partial charge in [-0.05, 0) is 38.2 Å². The normalized spacial score (nSPS) is 16.3. The highest BCUT2D eigenvalue weighted by molar-refractivity contribution is 6.30. The van der Waals surface area contributed by atoms with Gasteiger partial charge in [0.1, 0.15) is 17.5 Å². The number of hydrogen-bond donors (Lipinski definition) is 0. The first-order chi connectivity index (χ1) is 13.5. The highest BCUT2D eigenvalue weighted by atomic mass is 35.5. The van der Waals surface area contributed by atoms with Crippen LogP contribution < -0.4 is 15.2 Å². The first kappa shape index (κ1) is 18.8. The van der Waals surface area contributed by atoms with Gasteiger partial charge in [-0.25, -0.2) is 4.98 Å². The molecule has 0 unspecified atom stereocenters. The number of pyridine rings is 1. The molecule has 0 aliphatic carbocycles. The van der Waals surface area contributed by atoms with Crippen molar-refractivity contribution in [1.82, 2.24) is 14.3 Å². The number of nitrogens with zero attached hydrogens (tertiary/aromatic N) is 4. The molecular formula is C21H23ClN4O2. The van der Waals surface area contributed by atoms with Crippen molar-refractivity contribution in [3.05, 3.63) is 69.7 Å². The Balaban J connectivity index is 1.48. The predicted molar refractivity (Wildman–Crippen MR) is 112 cm³/mol. The van der Waals surface area contributed by atoms with Crippen molar-refractivity contribution in [2.45, 2.75) is 19.6 Å². The quantitative estimate of drug-likeness (QED) is 0.661. The predicted octanol–water partition coefficient (Wildman–Crippen LogP) is 3.07. The molecule has 146 valence electrons. The smallest absolute Gasteiger partial charge is 0.258 e. The van der Waals surface area contributed by atoms with Gasteiger partial charge in [-0.3, -0.25) is 14.1 Å². The highest BCUT2D eigenvalue weighted by Crippen LogP contribution is 2.32. The molecule has 4 rings (SSSR count). The van der Waals surface area contributed by atoms with E-state index in [-0.39, 0.29) is 11.7 Å². The number of para-hydroxylation sites is 2. The molecule has 3 heterocycles. The van der Waals surface area contributed by atoms with Crippen molar-refractivity contribution < 1.29 is 4.74 Å². The largest absolute Gasteiger partial charge is 0.485 e. The summed E-state index contributed by atoms with van der Waals surface area (Å²) < 4.78 is 7.66. The molecule has 0 spiro atoms. The Morgan fingerprint density at radius 3 is 2.93 bits per heavy atom. The number of rotatable bonds is 5. The zero-order chi connectivity index (χ0) is 19.7. The Hall–Kier alpha value is -2.57. The third-order valence-corrected chi connectivity index (χ3v) is 5.15. The third kappa shape index (κ3) is 3.84. The van der Waals surface area contributed by atoms with Gasteiger partial charge in [-0.1, -0.05) is 23.7 Å². The van der Waals surface area contributed by atoms with E-state index in [1.54, 1.807) is 24.4 Å². The van der Waals surface area contributed by atoms with Crippen molar-refractivity contribution in [3.8, 4) is 5.75 Å². The Bertz CT molecular complexity index is 1050. The number of fused-ring (bicyclic) bond motifs is 2. The lowest BCUT2D eigenvalue weighted by Gasteiger charge is -2.37. The zero-order valence-electron chi connectivity index (χ0n) is 16.0. The number of anilines is 1. The topological polar surface area (TPSA) is 50.1 Å². The van der Waals surface area contributed by atoms with E-state index in [0.717, 1.165) is 36.8 Å². The van der Waals surface area contributed by atoms with Crippen LogP contribution in [0.15, 0.2) is 53.5 Å². The summed E-state index contributed by atoms with van der Waals surface area (Å²) in [6.07, 6.45) is 1.65. The van der Waals surface area contributed by atoms with Gasteiger partial charge >= 0.3 is 0 Å². The number of likely N-dealkylation sites (N-methyl/N-ethyl adjacent to an activating group) is 2. The lowest BCUT2D eigenvalue weighted by molar-refractivity contribution is 0.139. The monoisotopic (exact) mass is 398 g/mol. The van der Waals surface area contributed by atoms with Gasteiger partial charge in [0.05, 0.1) is 22.9 Å². The summed E-state index contributed by atoms with van der Waals surface area (Å²) in [7, 11) is 2.02. The van der Waals surface area contributed by atoms with Gasteiger partial charge in [0.2, 0.25) is 0 Å². The van der Waals surface area contributed by atoms with Gasteiger partial charge in [0.25, 0.3) is 5.56 Å². The first-order valence-corrected chi connectivity index (χ1v) is 9.78. The van der Waals surface area contributed by atoms with E-state index in [4.69, 9.17) is 16.3 Å². The van der Waals surface area contributed by atoms with Crippen LogP contribution in [0.1, 0.15) is 12.6 Å². The van der Waals surface area contributed by atoms with E-state index < -0.39 is 0 Å². The molecule has 7 heteroatoms. The fourth-order valence-electron chi connectivity index (χ4n) is 3.67. The summed E-state index contributed by atoms with van der Waals surface area (Å²) in [6, 6.07) is 13.2. The molecular weight excluding hydrogens is 376 g/mol. The number of benzene rings is 1. The summed E-state index contributed by atoms with van der Waals surface area (Å²) in [5.41, 5.74) is 2.35. The van der Waals surface area contributed by atoms with Gasteiger partial charge in [-0.2, -0.15) is 0 Å². The lowest BCUT2D eigenvalue weighted by atomic mass is 10.2. The molecule has 0 N–H and O–H groups in total. The minimum Gasteiger partial charge on any atom is -0.485 e. The zero-order valence-corrected chi connectivity index (χ0v) is 16.8. The average Bonchev–Trinajstić information content (AvgIpc) is 2.68. The summed E-state index contributed by atoms with van der Waals surface area (Å²) >= 11 is 5.97. The van der Waals surface area contributed by atoms with Crippen LogP contribution in [0.5, 0.6) is 5.75 Å². The molecule has 0 amide bonds. The number of ether oxygens (including phenoxy) is 1. The van der Waals surface area contributed by atoms with Crippen molar-refractivity contribution in [2.24, 2.45) is 0 Å². The van der Waals surface area contributed by atoms with Gasteiger partial charge in [0, 0.05) is 31.9 Å². The van der Waals surface area contributed by atoms with E-state index in [9.17, 15) is 4.79 Å². The Kier molecular flexibility index (Phi) is 5.24. The molecule has 2 aromatic heterocycles. The van der Waals surface area contributed by atoms with Crippen LogP contribution in [0.3, 0.4) is 0 Å². The van der Waals surface area contributed by atoms with E-state index in [0.29, 0.717) is 17.2 Å². The fourth-order valence-corrected chi connectivity index (χ4v) is 3.83. The van der Waals surface area contributed by atoms with Crippen LogP contribution in [-0.4, -0.2) is 47.1 Å². The minimum absolute atomic E-state index is 0.0557. The molecule has 6 nitrogen and oxygen atoms in total. The lowest BCUT2D eigenvalue weighted by Crippen LogP contribution is -2.45. The molecule has 0 saturated heterocycles. The molecule has 0 saturated carbocycles. The molecule has 0 fully saturated rings. The molecule has 1 aromatic carbocycles. The van der Waals surface area contributed by atoms with Crippen LogP contribution in [0, 0.1) is 0 Å². The molecule has 0 radical (unpaired) electrons. The van der Waals surface area contributed by atoms with Crippen LogP contribution >= 0.6 is 11.6 Å². The van der Waals surface area contributed by atoms with E-state index >= 15 is 0 Å². The third-order valence-electron chi connectivity index (χ3n) is 4.93. The van der Waals surface area contributed by atoms with E-state index in [2.05, 4.69) is 27.8 Å². The maximum atomic E-state index is 12.4. The van der Waals surface area contributed by atoms with Crippen LogP contribution in [0.4, 0.5) is 5.69 Å². The van der Waals surface area contributed by atoms with Crippen LogP contribution in [-0.2, 0) is 6.54 Å². The molecule has 1 aliphatic rings. The van der Waals surface area contributed by atoms with E-state index in [1.165, 1.54) is 4.40 Å². The first-order valence-electron chi connectivity index (χ1n) is 9.40. The Morgan fingerprint density at radius 1 is 1.29 bits per heavy atom. The number of hydrogen-bond acceptors (Lipinski definition) is 5. The molecule has 1 aliphatic heterocycles. The summed E-state index contributed by atoms with van der Waals surface area (Å²) in [4.78, 5) is 21.4. The summed E-state index contributed by atoms with van der Waals surface area (Å²) in [6.45, 7) is 5.24. The maximum Gasteiger partial charge on any atom is 0.258 e. The molecule has 3 aromatic rings. The van der Waals surface area contributed by atoms with Gasteiger partial charge in [-0.15, -0.1) is 0 Å². The van der Waals surface area contributed by atoms with Crippen molar-refractivity contribution in [1.29, 1.82) is 0 Å². The molecule has 0 bridgehead atoms. The average molecular weight is 399 g/mol. The Labute approximate surface area is 168 Å². The van der Waals surface area contributed by atoms with Crippen molar-refractivity contribution in [2.75, 3.05) is 31.6 Å². The number of aromatic nitrogens is 2. The minimum atomic E-state index is -0.129. The molecule has 1 atom stereocenters. The Morgan fingerprint density at radius 2 is 2.11 bits per heavy atom. The van der Waals surface area contributed by atoms with Crippen LogP contribution in [0.25, 0.3) is 5.65 Å². The number of halogens is 1. The fraction of sp³-hybridized carbons (Fsp3) is 0.333.